The van der Waals surface area contributed by atoms with E-state index in [1.54, 1.807) is 12.4 Å². The van der Waals surface area contributed by atoms with Crippen molar-refractivity contribution in [1.29, 1.82) is 0 Å². The number of pyridine rings is 1. The predicted molar refractivity (Wildman–Crippen MR) is 98.4 cm³/mol. The molecule has 1 amide bonds. The topological polar surface area (TPSA) is 121 Å². The number of aromatic nitrogens is 1. The molecule has 1 aromatic rings. The van der Waals surface area contributed by atoms with Gasteiger partial charge in [0.25, 0.3) is 0 Å². The minimum atomic E-state index is -0.680. The molecule has 26 heavy (non-hydrogen) atoms. The van der Waals surface area contributed by atoms with E-state index in [1.807, 2.05) is 12.1 Å². The summed E-state index contributed by atoms with van der Waals surface area (Å²) in [5.74, 6) is -0.414. The van der Waals surface area contributed by atoms with Crippen molar-refractivity contribution in [2.75, 3.05) is 24.7 Å². The third-order valence-corrected chi connectivity index (χ3v) is 4.38. The molecule has 0 aromatic carbocycles. The summed E-state index contributed by atoms with van der Waals surface area (Å²) in [6.07, 6.45) is 3.55. The first-order valence-corrected chi connectivity index (χ1v) is 9.34. The first kappa shape index (κ1) is 21.9. The fraction of sp³-hybridized carbons (Fsp3) is 0.529. The average molecular weight is 383 g/mol. The minimum absolute atomic E-state index is 0.0194. The Balaban J connectivity index is 2.27. The first-order valence-electron chi connectivity index (χ1n) is 8.19. The fourth-order valence-electron chi connectivity index (χ4n) is 1.97. The van der Waals surface area contributed by atoms with E-state index in [-0.39, 0.29) is 12.5 Å². The first-order chi connectivity index (χ1) is 12.4. The Labute approximate surface area is 157 Å². The molecular formula is C17H25N3O5S. The molecule has 0 aliphatic carbocycles. The van der Waals surface area contributed by atoms with E-state index in [0.717, 1.165) is 5.56 Å². The molecule has 9 heteroatoms. The van der Waals surface area contributed by atoms with Gasteiger partial charge in [-0.3, -0.25) is 19.4 Å². The molecule has 3 N–H and O–H groups in total. The molecule has 0 fully saturated rings. The van der Waals surface area contributed by atoms with E-state index in [4.69, 9.17) is 15.2 Å². The number of hydrogen-bond donors (Lipinski definition) is 2. The number of nitrogens with zero attached hydrogens (tertiary/aromatic N) is 1. The Morgan fingerprint density at radius 1 is 1.27 bits per heavy atom. The number of ether oxygens (including phenoxy) is 2. The monoisotopic (exact) mass is 383 g/mol. The van der Waals surface area contributed by atoms with E-state index in [1.165, 1.54) is 25.6 Å². The highest BCUT2D eigenvalue weighted by Crippen LogP contribution is 2.09. The van der Waals surface area contributed by atoms with E-state index < -0.39 is 24.1 Å². The molecule has 144 valence electrons. The van der Waals surface area contributed by atoms with Crippen molar-refractivity contribution in [3.63, 3.8) is 0 Å². The predicted octanol–water partition coefficient (Wildman–Crippen LogP) is 0.296. The molecule has 0 spiro atoms. The standard InChI is InChI=1S/C17H25N3O5S/c1-12(21)24-9-15(25-13(2)22)10-26-11-16(18)17(23)20-7-5-14-4-3-6-19-8-14/h3-4,6,8,15-16H,5,7,9-11,18H2,1-2H3,(H,20,23)/t15-,16+/m1/s1. The van der Waals surface area contributed by atoms with E-state index in [0.29, 0.717) is 24.5 Å². The van der Waals surface area contributed by atoms with E-state index in [2.05, 4.69) is 10.3 Å². The molecule has 0 bridgehead atoms. The number of hydrogen-bond acceptors (Lipinski definition) is 8. The summed E-state index contributed by atoms with van der Waals surface area (Å²) >= 11 is 1.36. The van der Waals surface area contributed by atoms with Crippen LogP contribution in [0.4, 0.5) is 0 Å². The van der Waals surface area contributed by atoms with Crippen LogP contribution in [-0.2, 0) is 30.3 Å². The van der Waals surface area contributed by atoms with Gasteiger partial charge in [-0.1, -0.05) is 6.07 Å². The van der Waals surface area contributed by atoms with Crippen LogP contribution in [-0.4, -0.2) is 59.6 Å². The molecule has 1 aromatic heterocycles. The summed E-state index contributed by atoms with van der Waals surface area (Å²) < 4.78 is 9.93. The maximum absolute atomic E-state index is 12.0. The van der Waals surface area contributed by atoms with E-state index in [9.17, 15) is 14.4 Å². The number of carbonyl (C=O) groups excluding carboxylic acids is 3. The highest BCUT2D eigenvalue weighted by molar-refractivity contribution is 7.99. The van der Waals surface area contributed by atoms with Gasteiger partial charge in [0.05, 0.1) is 6.04 Å². The van der Waals surface area contributed by atoms with Gasteiger partial charge < -0.3 is 20.5 Å². The van der Waals surface area contributed by atoms with Gasteiger partial charge in [-0.25, -0.2) is 0 Å². The zero-order chi connectivity index (χ0) is 19.4. The highest BCUT2D eigenvalue weighted by atomic mass is 32.2. The summed E-state index contributed by atoms with van der Waals surface area (Å²) in [5, 5.41) is 2.78. The fourth-order valence-corrected chi connectivity index (χ4v) is 2.94. The minimum Gasteiger partial charge on any atom is -0.462 e. The molecule has 8 nitrogen and oxygen atoms in total. The molecule has 0 aliphatic rings. The average Bonchev–Trinajstić information content (AvgIpc) is 2.59. The third-order valence-electron chi connectivity index (χ3n) is 3.18. The molecule has 0 unspecified atom stereocenters. The lowest BCUT2D eigenvalue weighted by molar-refractivity contribution is -0.154. The molecule has 0 saturated heterocycles. The molecule has 1 rings (SSSR count). The molecule has 0 aliphatic heterocycles. The van der Waals surface area contributed by atoms with Crippen molar-refractivity contribution in [2.45, 2.75) is 32.4 Å². The number of esters is 2. The van der Waals surface area contributed by atoms with Gasteiger partial charge in [-0.05, 0) is 18.1 Å². The molecule has 0 radical (unpaired) electrons. The van der Waals surface area contributed by atoms with Gasteiger partial charge >= 0.3 is 11.9 Å². The molecule has 2 atom stereocenters. The number of thioether (sulfide) groups is 1. The Morgan fingerprint density at radius 3 is 2.65 bits per heavy atom. The Morgan fingerprint density at radius 2 is 2.04 bits per heavy atom. The van der Waals surface area contributed by atoms with Crippen molar-refractivity contribution in [3.05, 3.63) is 30.1 Å². The van der Waals surface area contributed by atoms with Gasteiger partial charge in [-0.15, -0.1) is 0 Å². The van der Waals surface area contributed by atoms with Crippen molar-refractivity contribution >= 4 is 29.6 Å². The third kappa shape index (κ3) is 10.00. The van der Waals surface area contributed by atoms with Crippen molar-refractivity contribution in [1.82, 2.24) is 10.3 Å². The maximum Gasteiger partial charge on any atom is 0.303 e. The zero-order valence-corrected chi connectivity index (χ0v) is 15.8. The van der Waals surface area contributed by atoms with Crippen LogP contribution in [0, 0.1) is 0 Å². The number of rotatable bonds is 11. The van der Waals surface area contributed by atoms with E-state index >= 15 is 0 Å². The van der Waals surface area contributed by atoms with Gasteiger partial charge in [0.15, 0.2) is 0 Å². The van der Waals surface area contributed by atoms with Crippen LogP contribution in [0.25, 0.3) is 0 Å². The lowest BCUT2D eigenvalue weighted by atomic mass is 10.2. The lowest BCUT2D eigenvalue weighted by Crippen LogP contribution is -2.43. The van der Waals surface area contributed by atoms with Crippen LogP contribution in [0.3, 0.4) is 0 Å². The second-order valence-electron chi connectivity index (χ2n) is 5.58. The highest BCUT2D eigenvalue weighted by Gasteiger charge is 2.17. The van der Waals surface area contributed by atoms with Gasteiger partial charge in [0, 0.05) is 44.3 Å². The quantitative estimate of drug-likeness (QED) is 0.523. The SMILES string of the molecule is CC(=O)OC[C@H](CSC[C@H](N)C(=O)NCCc1cccnc1)OC(C)=O. The normalized spacial score (nSPS) is 12.7. The van der Waals surface area contributed by atoms with Crippen molar-refractivity contribution < 1.29 is 23.9 Å². The Bertz CT molecular complexity index is 585. The summed E-state index contributed by atoms with van der Waals surface area (Å²) in [6.45, 7) is 3.02. The number of nitrogens with one attached hydrogen (secondary N) is 1. The summed E-state index contributed by atoms with van der Waals surface area (Å²) in [5.41, 5.74) is 6.90. The van der Waals surface area contributed by atoms with Crippen LogP contribution >= 0.6 is 11.8 Å². The summed E-state index contributed by atoms with van der Waals surface area (Å²) in [6, 6.07) is 3.10. The van der Waals surface area contributed by atoms with Crippen LogP contribution < -0.4 is 11.1 Å². The molecule has 1 heterocycles. The van der Waals surface area contributed by atoms with Gasteiger partial charge in [0.1, 0.15) is 12.7 Å². The Hall–Kier alpha value is -2.13. The summed E-state index contributed by atoms with van der Waals surface area (Å²) in [4.78, 5) is 37.9. The lowest BCUT2D eigenvalue weighted by Gasteiger charge is -2.17. The number of carbonyl (C=O) groups is 3. The summed E-state index contributed by atoms with van der Waals surface area (Å²) in [7, 11) is 0. The van der Waals surface area contributed by atoms with Crippen LogP contribution in [0.1, 0.15) is 19.4 Å². The van der Waals surface area contributed by atoms with Crippen molar-refractivity contribution in [3.8, 4) is 0 Å². The number of amides is 1. The van der Waals surface area contributed by atoms with Crippen LogP contribution in [0.15, 0.2) is 24.5 Å². The molecule has 0 saturated carbocycles. The second kappa shape index (κ2) is 12.3. The number of nitrogens with two attached hydrogens (primary N) is 1. The van der Waals surface area contributed by atoms with Crippen molar-refractivity contribution in [2.24, 2.45) is 5.73 Å². The smallest absolute Gasteiger partial charge is 0.303 e. The Kier molecular flexibility index (Phi) is 10.3. The zero-order valence-electron chi connectivity index (χ0n) is 15.0. The van der Waals surface area contributed by atoms with Gasteiger partial charge in [-0.2, -0.15) is 11.8 Å². The van der Waals surface area contributed by atoms with Crippen LogP contribution in [0.5, 0.6) is 0 Å². The molecular weight excluding hydrogens is 358 g/mol. The largest absolute Gasteiger partial charge is 0.462 e. The van der Waals surface area contributed by atoms with Crippen LogP contribution in [0.2, 0.25) is 0 Å². The van der Waals surface area contributed by atoms with Gasteiger partial charge in [0.2, 0.25) is 5.91 Å². The maximum atomic E-state index is 12.0. The second-order valence-corrected chi connectivity index (χ2v) is 6.66.